The molecule has 1 N–H and O–H groups in total. The van der Waals surface area contributed by atoms with Gasteiger partial charge in [0.1, 0.15) is 0 Å². The highest BCUT2D eigenvalue weighted by atomic mass is 35.5. The highest BCUT2D eigenvalue weighted by Gasteiger charge is 2.31. The first kappa shape index (κ1) is 15.8. The van der Waals surface area contributed by atoms with E-state index in [4.69, 9.17) is 0 Å². The molecule has 0 saturated carbocycles. The van der Waals surface area contributed by atoms with Gasteiger partial charge in [-0.3, -0.25) is 4.79 Å². The third-order valence-electron chi connectivity index (χ3n) is 4.42. The van der Waals surface area contributed by atoms with Crippen molar-refractivity contribution in [3.63, 3.8) is 0 Å². The number of hydrogen-bond acceptors (Lipinski definition) is 3. The molecule has 1 aromatic heterocycles. The van der Waals surface area contributed by atoms with Gasteiger partial charge in [-0.1, -0.05) is 0 Å². The monoisotopic (exact) mass is 314 g/mol. The van der Waals surface area contributed by atoms with Crippen LogP contribution >= 0.6 is 23.7 Å². The maximum Gasteiger partial charge on any atom is 0.223 e. The van der Waals surface area contributed by atoms with Crippen LogP contribution in [0.1, 0.15) is 43.7 Å². The van der Waals surface area contributed by atoms with Gasteiger partial charge in [0, 0.05) is 13.0 Å². The van der Waals surface area contributed by atoms with Crippen molar-refractivity contribution in [3.05, 3.63) is 22.4 Å². The van der Waals surface area contributed by atoms with Crippen LogP contribution in [0.4, 0.5) is 0 Å². The predicted molar refractivity (Wildman–Crippen MR) is 85.5 cm³/mol. The van der Waals surface area contributed by atoms with Crippen LogP contribution in [0.15, 0.2) is 16.8 Å². The SMILES string of the molecule is Cl.O=C(CC1CCNCC1)N1CCCC1c1ccsc1. The fourth-order valence-corrected chi connectivity index (χ4v) is 4.03. The molecule has 2 aliphatic heterocycles. The minimum atomic E-state index is 0. The molecule has 0 radical (unpaired) electrons. The highest BCUT2D eigenvalue weighted by molar-refractivity contribution is 7.07. The predicted octanol–water partition coefficient (Wildman–Crippen LogP) is 3.22. The lowest BCUT2D eigenvalue weighted by atomic mass is 9.94. The third kappa shape index (κ3) is 3.54. The van der Waals surface area contributed by atoms with E-state index in [0.29, 0.717) is 17.9 Å². The van der Waals surface area contributed by atoms with E-state index in [2.05, 4.69) is 27.0 Å². The lowest BCUT2D eigenvalue weighted by molar-refractivity contribution is -0.133. The van der Waals surface area contributed by atoms with E-state index in [1.807, 2.05) is 0 Å². The summed E-state index contributed by atoms with van der Waals surface area (Å²) in [7, 11) is 0. The van der Waals surface area contributed by atoms with E-state index in [-0.39, 0.29) is 12.4 Å². The van der Waals surface area contributed by atoms with E-state index in [0.717, 1.165) is 51.7 Å². The van der Waals surface area contributed by atoms with E-state index < -0.39 is 0 Å². The maximum absolute atomic E-state index is 12.5. The lowest BCUT2D eigenvalue weighted by Crippen LogP contribution is -2.35. The summed E-state index contributed by atoms with van der Waals surface area (Å²) in [5, 5.41) is 7.67. The van der Waals surface area contributed by atoms with Crippen LogP contribution in [-0.4, -0.2) is 30.4 Å². The average Bonchev–Trinajstić information content (AvgIpc) is 3.10. The number of thiophene rings is 1. The molecule has 0 spiro atoms. The molecule has 2 fully saturated rings. The minimum Gasteiger partial charge on any atom is -0.336 e. The second-order valence-corrected chi connectivity index (χ2v) is 6.48. The number of hydrogen-bond donors (Lipinski definition) is 1. The van der Waals surface area contributed by atoms with Crippen molar-refractivity contribution in [1.82, 2.24) is 10.2 Å². The Bertz CT molecular complexity index is 418. The average molecular weight is 315 g/mol. The van der Waals surface area contributed by atoms with Gasteiger partial charge < -0.3 is 10.2 Å². The Hall–Kier alpha value is -0.580. The van der Waals surface area contributed by atoms with Crippen molar-refractivity contribution in [2.24, 2.45) is 5.92 Å². The van der Waals surface area contributed by atoms with Crippen LogP contribution in [0, 0.1) is 5.92 Å². The number of carbonyl (C=O) groups is 1. The number of amides is 1. The van der Waals surface area contributed by atoms with Gasteiger partial charge in [-0.05, 0) is 67.1 Å². The lowest BCUT2D eigenvalue weighted by Gasteiger charge is -2.28. The molecule has 3 rings (SSSR count). The zero-order valence-electron chi connectivity index (χ0n) is 11.7. The van der Waals surface area contributed by atoms with Gasteiger partial charge in [-0.15, -0.1) is 12.4 Å². The summed E-state index contributed by atoms with van der Waals surface area (Å²) < 4.78 is 0. The smallest absolute Gasteiger partial charge is 0.223 e. The van der Waals surface area contributed by atoms with Crippen molar-refractivity contribution in [1.29, 1.82) is 0 Å². The molecule has 1 unspecified atom stereocenters. The molecular formula is C15H23ClN2OS. The number of likely N-dealkylation sites (tertiary alicyclic amines) is 1. The van der Waals surface area contributed by atoms with E-state index >= 15 is 0 Å². The Morgan fingerprint density at radius 1 is 1.35 bits per heavy atom. The number of nitrogens with zero attached hydrogens (tertiary/aromatic N) is 1. The van der Waals surface area contributed by atoms with Gasteiger partial charge in [0.15, 0.2) is 0 Å². The van der Waals surface area contributed by atoms with Crippen molar-refractivity contribution in [2.45, 2.75) is 38.1 Å². The fourth-order valence-electron chi connectivity index (χ4n) is 3.33. The minimum absolute atomic E-state index is 0. The molecule has 3 heterocycles. The van der Waals surface area contributed by atoms with Gasteiger partial charge >= 0.3 is 0 Å². The molecule has 2 saturated heterocycles. The maximum atomic E-state index is 12.5. The molecule has 2 aliphatic rings. The number of nitrogens with one attached hydrogen (secondary N) is 1. The number of carbonyl (C=O) groups excluding carboxylic acids is 1. The van der Waals surface area contributed by atoms with Gasteiger partial charge in [-0.25, -0.2) is 0 Å². The second-order valence-electron chi connectivity index (χ2n) is 5.70. The zero-order valence-corrected chi connectivity index (χ0v) is 13.3. The van der Waals surface area contributed by atoms with Crippen LogP contribution < -0.4 is 5.32 Å². The molecule has 0 bridgehead atoms. The second kappa shape index (κ2) is 7.43. The van der Waals surface area contributed by atoms with Gasteiger partial charge in [0.25, 0.3) is 0 Å². The van der Waals surface area contributed by atoms with Crippen LogP contribution in [0.25, 0.3) is 0 Å². The van der Waals surface area contributed by atoms with Crippen molar-refractivity contribution >= 4 is 29.7 Å². The standard InChI is InChI=1S/C15H22N2OS.ClH/c18-15(10-12-3-6-16-7-4-12)17-8-1-2-14(17)13-5-9-19-11-13;/h5,9,11-12,14,16H,1-4,6-8,10H2;1H. The van der Waals surface area contributed by atoms with Crippen molar-refractivity contribution < 1.29 is 4.79 Å². The Labute approximate surface area is 131 Å². The van der Waals surface area contributed by atoms with E-state index in [1.54, 1.807) is 11.3 Å². The Morgan fingerprint density at radius 3 is 2.85 bits per heavy atom. The molecule has 0 aliphatic carbocycles. The first-order valence-electron chi connectivity index (χ1n) is 7.37. The Balaban J connectivity index is 0.00000147. The third-order valence-corrected chi connectivity index (χ3v) is 5.12. The quantitative estimate of drug-likeness (QED) is 0.929. The summed E-state index contributed by atoms with van der Waals surface area (Å²) >= 11 is 1.73. The van der Waals surface area contributed by atoms with Crippen molar-refractivity contribution in [2.75, 3.05) is 19.6 Å². The molecule has 1 amide bonds. The molecule has 5 heteroatoms. The van der Waals surface area contributed by atoms with Crippen LogP contribution in [0.3, 0.4) is 0 Å². The molecular weight excluding hydrogens is 292 g/mol. The normalized spacial score (nSPS) is 23.6. The van der Waals surface area contributed by atoms with Crippen LogP contribution in [0.2, 0.25) is 0 Å². The summed E-state index contributed by atoms with van der Waals surface area (Å²) in [5.41, 5.74) is 1.33. The topological polar surface area (TPSA) is 32.3 Å². The highest BCUT2D eigenvalue weighted by Crippen LogP contribution is 2.34. The molecule has 1 atom stereocenters. The number of rotatable bonds is 3. The summed E-state index contributed by atoms with van der Waals surface area (Å²) in [6, 6.07) is 2.52. The van der Waals surface area contributed by atoms with E-state index in [9.17, 15) is 4.79 Å². The molecule has 3 nitrogen and oxygen atoms in total. The number of halogens is 1. The molecule has 20 heavy (non-hydrogen) atoms. The zero-order chi connectivity index (χ0) is 13.1. The number of piperidine rings is 1. The Morgan fingerprint density at radius 2 is 2.15 bits per heavy atom. The summed E-state index contributed by atoms with van der Waals surface area (Å²) in [4.78, 5) is 14.7. The summed E-state index contributed by atoms with van der Waals surface area (Å²) in [6.45, 7) is 3.10. The summed E-state index contributed by atoms with van der Waals surface area (Å²) in [5.74, 6) is 0.970. The first-order valence-corrected chi connectivity index (χ1v) is 8.31. The molecule has 0 aromatic carbocycles. The van der Waals surface area contributed by atoms with Gasteiger partial charge in [0.05, 0.1) is 6.04 Å². The van der Waals surface area contributed by atoms with Crippen LogP contribution in [-0.2, 0) is 4.79 Å². The molecule has 112 valence electrons. The first-order chi connectivity index (χ1) is 9.34. The molecule has 1 aromatic rings. The van der Waals surface area contributed by atoms with Gasteiger partial charge in [-0.2, -0.15) is 11.3 Å². The van der Waals surface area contributed by atoms with Gasteiger partial charge in [0.2, 0.25) is 5.91 Å². The Kier molecular flexibility index (Phi) is 5.87. The summed E-state index contributed by atoms with van der Waals surface area (Å²) in [6.07, 6.45) is 5.35. The van der Waals surface area contributed by atoms with Crippen molar-refractivity contribution in [3.8, 4) is 0 Å². The largest absolute Gasteiger partial charge is 0.336 e. The fraction of sp³-hybridized carbons (Fsp3) is 0.667. The van der Waals surface area contributed by atoms with E-state index in [1.165, 1.54) is 5.56 Å². The van der Waals surface area contributed by atoms with Crippen LogP contribution in [0.5, 0.6) is 0 Å².